The molecule has 0 aromatic carbocycles. The van der Waals surface area contributed by atoms with Gasteiger partial charge in [0.15, 0.2) is 0 Å². The first kappa shape index (κ1) is 10.2. The second-order valence-corrected chi connectivity index (χ2v) is 4.74. The molecule has 1 atom stereocenters. The number of aliphatic hydroxyl groups is 1. The molecule has 1 fully saturated rings. The topological polar surface area (TPSA) is 32.3 Å². The van der Waals surface area contributed by atoms with E-state index in [-0.39, 0.29) is 5.41 Å². The maximum Gasteiger partial charge on any atom is 0.0494 e. The fourth-order valence-electron chi connectivity index (χ4n) is 2.89. The van der Waals surface area contributed by atoms with Crippen LogP contribution in [0.15, 0.2) is 12.2 Å². The quantitative estimate of drug-likeness (QED) is 0.657. The molecule has 2 N–H and O–H groups in total. The third-order valence-corrected chi connectivity index (χ3v) is 3.96. The zero-order valence-corrected chi connectivity index (χ0v) is 8.84. The zero-order chi connectivity index (χ0) is 9.86. The summed E-state index contributed by atoms with van der Waals surface area (Å²) < 4.78 is 0. The summed E-state index contributed by atoms with van der Waals surface area (Å²) in [5, 5.41) is 13.0. The molecule has 2 nitrogen and oxygen atoms in total. The van der Waals surface area contributed by atoms with E-state index in [1.165, 1.54) is 19.3 Å². The van der Waals surface area contributed by atoms with Crippen LogP contribution in [0.25, 0.3) is 0 Å². The highest BCUT2D eigenvalue weighted by molar-refractivity contribution is 5.03. The van der Waals surface area contributed by atoms with E-state index in [0.717, 1.165) is 25.9 Å². The first-order chi connectivity index (χ1) is 6.87. The fourth-order valence-corrected chi connectivity index (χ4v) is 2.89. The van der Waals surface area contributed by atoms with Gasteiger partial charge in [-0.1, -0.05) is 12.2 Å². The molecule has 0 aromatic rings. The van der Waals surface area contributed by atoms with Crippen LogP contribution in [-0.4, -0.2) is 24.8 Å². The SMILES string of the molecule is OCC1(C2C=CCCC2)CCNCC1. The van der Waals surface area contributed by atoms with E-state index in [9.17, 15) is 5.11 Å². The molecule has 1 unspecified atom stereocenters. The van der Waals surface area contributed by atoms with Crippen LogP contribution in [0.3, 0.4) is 0 Å². The summed E-state index contributed by atoms with van der Waals surface area (Å²) in [5.74, 6) is 0.628. The van der Waals surface area contributed by atoms with E-state index in [0.29, 0.717) is 12.5 Å². The van der Waals surface area contributed by atoms with Gasteiger partial charge in [-0.05, 0) is 51.1 Å². The van der Waals surface area contributed by atoms with Crippen LogP contribution >= 0.6 is 0 Å². The normalized spacial score (nSPS) is 31.6. The van der Waals surface area contributed by atoms with Crippen molar-refractivity contribution in [2.45, 2.75) is 32.1 Å². The molecular weight excluding hydrogens is 174 g/mol. The van der Waals surface area contributed by atoms with Gasteiger partial charge < -0.3 is 10.4 Å². The van der Waals surface area contributed by atoms with Crippen LogP contribution in [0, 0.1) is 11.3 Å². The molecule has 1 saturated heterocycles. The molecule has 0 saturated carbocycles. The summed E-state index contributed by atoms with van der Waals surface area (Å²) in [6.45, 7) is 2.51. The Morgan fingerprint density at radius 1 is 1.36 bits per heavy atom. The lowest BCUT2D eigenvalue weighted by Crippen LogP contribution is -2.44. The third kappa shape index (κ3) is 1.86. The van der Waals surface area contributed by atoms with Crippen molar-refractivity contribution in [3.8, 4) is 0 Å². The van der Waals surface area contributed by atoms with E-state index in [2.05, 4.69) is 17.5 Å². The second-order valence-electron chi connectivity index (χ2n) is 4.74. The van der Waals surface area contributed by atoms with Gasteiger partial charge in [0.05, 0.1) is 0 Å². The lowest BCUT2D eigenvalue weighted by molar-refractivity contribution is 0.0428. The third-order valence-electron chi connectivity index (χ3n) is 3.96. The Labute approximate surface area is 86.4 Å². The van der Waals surface area contributed by atoms with Gasteiger partial charge in [-0.15, -0.1) is 0 Å². The van der Waals surface area contributed by atoms with Gasteiger partial charge in [-0.25, -0.2) is 0 Å². The van der Waals surface area contributed by atoms with E-state index < -0.39 is 0 Å². The first-order valence-electron chi connectivity index (χ1n) is 5.86. The van der Waals surface area contributed by atoms with Crippen molar-refractivity contribution in [1.29, 1.82) is 0 Å². The molecule has 2 heteroatoms. The number of hydrogen-bond donors (Lipinski definition) is 2. The predicted molar refractivity (Wildman–Crippen MR) is 58.1 cm³/mol. The molecule has 2 rings (SSSR count). The van der Waals surface area contributed by atoms with Crippen LogP contribution < -0.4 is 5.32 Å². The number of piperidine rings is 1. The summed E-state index contributed by atoms with van der Waals surface area (Å²) in [6.07, 6.45) is 10.7. The Balaban J connectivity index is 2.08. The summed E-state index contributed by atoms with van der Waals surface area (Å²) in [4.78, 5) is 0. The molecular formula is C12H21NO. The van der Waals surface area contributed by atoms with Gasteiger partial charge in [0.1, 0.15) is 0 Å². The van der Waals surface area contributed by atoms with Crippen molar-refractivity contribution in [2.24, 2.45) is 11.3 Å². The van der Waals surface area contributed by atoms with Crippen molar-refractivity contribution in [1.82, 2.24) is 5.32 Å². The molecule has 2 aliphatic rings. The van der Waals surface area contributed by atoms with Gasteiger partial charge in [0.25, 0.3) is 0 Å². The van der Waals surface area contributed by atoms with Crippen LogP contribution in [0.2, 0.25) is 0 Å². The Hall–Kier alpha value is -0.340. The lowest BCUT2D eigenvalue weighted by Gasteiger charge is -2.42. The molecule has 0 bridgehead atoms. The number of aliphatic hydroxyl groups excluding tert-OH is 1. The van der Waals surface area contributed by atoms with Gasteiger partial charge in [0, 0.05) is 12.0 Å². The van der Waals surface area contributed by atoms with Crippen molar-refractivity contribution in [2.75, 3.05) is 19.7 Å². The summed E-state index contributed by atoms with van der Waals surface area (Å²) in [7, 11) is 0. The van der Waals surface area contributed by atoms with Crippen LogP contribution in [0.1, 0.15) is 32.1 Å². The van der Waals surface area contributed by atoms with E-state index in [4.69, 9.17) is 0 Å². The first-order valence-corrected chi connectivity index (χ1v) is 5.86. The molecule has 80 valence electrons. The number of nitrogens with one attached hydrogen (secondary N) is 1. The predicted octanol–water partition coefficient (Wildman–Crippen LogP) is 1.70. The molecule has 0 amide bonds. The average molecular weight is 195 g/mol. The Morgan fingerprint density at radius 3 is 2.71 bits per heavy atom. The van der Waals surface area contributed by atoms with Crippen molar-refractivity contribution in [3.05, 3.63) is 12.2 Å². The Kier molecular flexibility index (Phi) is 3.24. The Bertz CT molecular complexity index is 206. The monoisotopic (exact) mass is 195 g/mol. The lowest BCUT2D eigenvalue weighted by atomic mass is 9.66. The minimum Gasteiger partial charge on any atom is -0.396 e. The molecule has 0 radical (unpaired) electrons. The van der Waals surface area contributed by atoms with Gasteiger partial charge in [-0.3, -0.25) is 0 Å². The maximum atomic E-state index is 9.63. The van der Waals surface area contributed by atoms with E-state index in [1.54, 1.807) is 0 Å². The highest BCUT2D eigenvalue weighted by Gasteiger charge is 2.38. The van der Waals surface area contributed by atoms with Crippen molar-refractivity contribution >= 4 is 0 Å². The second kappa shape index (κ2) is 4.45. The summed E-state index contributed by atoms with van der Waals surface area (Å²) in [6, 6.07) is 0. The fraction of sp³-hybridized carbons (Fsp3) is 0.833. The average Bonchev–Trinajstić information content (AvgIpc) is 2.31. The number of hydrogen-bond acceptors (Lipinski definition) is 2. The van der Waals surface area contributed by atoms with Crippen LogP contribution in [0.4, 0.5) is 0 Å². The van der Waals surface area contributed by atoms with Crippen molar-refractivity contribution in [3.63, 3.8) is 0 Å². The molecule has 14 heavy (non-hydrogen) atoms. The minimum atomic E-state index is 0.197. The highest BCUT2D eigenvalue weighted by atomic mass is 16.3. The number of rotatable bonds is 2. The number of allylic oxidation sites excluding steroid dienone is 2. The van der Waals surface area contributed by atoms with Gasteiger partial charge >= 0.3 is 0 Å². The highest BCUT2D eigenvalue weighted by Crippen LogP contribution is 2.41. The standard InChI is InChI=1S/C12H21NO/c14-10-12(6-8-13-9-7-12)11-4-2-1-3-5-11/h2,4,11,13-14H,1,3,5-10H2. The zero-order valence-electron chi connectivity index (χ0n) is 8.84. The Morgan fingerprint density at radius 2 is 2.14 bits per heavy atom. The van der Waals surface area contributed by atoms with Gasteiger partial charge in [-0.2, -0.15) is 0 Å². The van der Waals surface area contributed by atoms with E-state index >= 15 is 0 Å². The molecule has 0 spiro atoms. The summed E-state index contributed by atoms with van der Waals surface area (Å²) in [5.41, 5.74) is 0.197. The van der Waals surface area contributed by atoms with E-state index in [1.807, 2.05) is 0 Å². The maximum absolute atomic E-state index is 9.63. The molecule has 1 aliphatic heterocycles. The molecule has 1 heterocycles. The van der Waals surface area contributed by atoms with Crippen LogP contribution in [-0.2, 0) is 0 Å². The smallest absolute Gasteiger partial charge is 0.0494 e. The minimum absolute atomic E-state index is 0.197. The van der Waals surface area contributed by atoms with Crippen molar-refractivity contribution < 1.29 is 5.11 Å². The largest absolute Gasteiger partial charge is 0.396 e. The molecule has 1 aliphatic carbocycles. The van der Waals surface area contributed by atoms with Crippen LogP contribution in [0.5, 0.6) is 0 Å². The van der Waals surface area contributed by atoms with Gasteiger partial charge in [0.2, 0.25) is 0 Å². The summed E-state index contributed by atoms with van der Waals surface area (Å²) >= 11 is 0. The molecule has 0 aromatic heterocycles.